The molecule has 1 fully saturated rings. The van der Waals surface area contributed by atoms with Crippen LogP contribution in [0.1, 0.15) is 34.6 Å². The summed E-state index contributed by atoms with van der Waals surface area (Å²) >= 11 is 0. The van der Waals surface area contributed by atoms with Crippen molar-refractivity contribution < 1.29 is 13.2 Å². The van der Waals surface area contributed by atoms with E-state index in [1.54, 1.807) is 23.7 Å². The first-order chi connectivity index (χ1) is 15.3. The molecule has 1 amide bonds. The van der Waals surface area contributed by atoms with Gasteiger partial charge in [0, 0.05) is 25.7 Å². The zero-order valence-electron chi connectivity index (χ0n) is 18.2. The van der Waals surface area contributed by atoms with Crippen LogP contribution in [0.5, 0.6) is 0 Å². The number of hydrogen-bond donors (Lipinski definition) is 1. The van der Waals surface area contributed by atoms with Gasteiger partial charge in [0.05, 0.1) is 27.5 Å². The molecule has 3 aromatic rings. The highest BCUT2D eigenvalue weighted by molar-refractivity contribution is 7.90. The first kappa shape index (κ1) is 21.8. The lowest BCUT2D eigenvalue weighted by molar-refractivity contribution is 0.102. The topological polar surface area (TPSA) is 96.7 Å². The molecule has 1 aliphatic rings. The Bertz CT molecular complexity index is 1300. The van der Waals surface area contributed by atoms with Crippen LogP contribution in [0.2, 0.25) is 0 Å². The lowest BCUT2D eigenvalue weighted by atomic mass is 10.1. The lowest BCUT2D eigenvalue weighted by Crippen LogP contribution is -2.20. The van der Waals surface area contributed by atoms with Crippen molar-refractivity contribution in [2.24, 2.45) is 4.40 Å². The zero-order chi connectivity index (χ0) is 22.9. The fourth-order valence-corrected chi connectivity index (χ4v) is 4.96. The van der Waals surface area contributed by atoms with Gasteiger partial charge >= 0.3 is 0 Å². The van der Waals surface area contributed by atoms with E-state index in [2.05, 4.69) is 14.8 Å². The summed E-state index contributed by atoms with van der Waals surface area (Å²) in [5, 5.41) is 7.31. The molecule has 9 heteroatoms. The van der Waals surface area contributed by atoms with E-state index >= 15 is 0 Å². The van der Waals surface area contributed by atoms with Crippen LogP contribution in [0.4, 0.5) is 5.69 Å². The van der Waals surface area contributed by atoms with Gasteiger partial charge in [-0.1, -0.05) is 24.3 Å². The van der Waals surface area contributed by atoms with Crippen LogP contribution in [0.3, 0.4) is 0 Å². The molecule has 1 N–H and O–H groups in total. The van der Waals surface area contributed by atoms with Gasteiger partial charge < -0.3 is 10.2 Å². The number of nitrogens with one attached hydrogen (secondary N) is 1. The number of sulfonamides is 1. The molecule has 2 aromatic carbocycles. The Morgan fingerprint density at radius 3 is 2.53 bits per heavy atom. The number of carbonyl (C=O) groups is 1. The van der Waals surface area contributed by atoms with Crippen molar-refractivity contribution in [1.29, 1.82) is 0 Å². The summed E-state index contributed by atoms with van der Waals surface area (Å²) in [7, 11) is -2.04. The van der Waals surface area contributed by atoms with Gasteiger partial charge in [0.1, 0.15) is 5.84 Å². The highest BCUT2D eigenvalue weighted by atomic mass is 32.2. The highest BCUT2D eigenvalue weighted by Gasteiger charge is 2.22. The van der Waals surface area contributed by atoms with E-state index in [-0.39, 0.29) is 10.8 Å². The number of rotatable bonds is 5. The number of benzene rings is 2. The minimum absolute atomic E-state index is 0.0384. The normalized spacial score (nSPS) is 15.3. The maximum absolute atomic E-state index is 13.0. The monoisotopic (exact) mass is 451 g/mol. The Labute approximate surface area is 187 Å². The second-order valence-electron chi connectivity index (χ2n) is 7.78. The number of hydrogen-bond acceptors (Lipinski definition) is 4. The number of aromatic nitrogens is 2. The number of para-hydroxylation sites is 1. The molecule has 2 heterocycles. The number of likely N-dealkylation sites (tertiary alicyclic amines) is 1. The van der Waals surface area contributed by atoms with E-state index in [1.165, 1.54) is 12.1 Å². The third kappa shape index (κ3) is 4.29. The average Bonchev–Trinajstić information content (AvgIpc) is 3.30. The van der Waals surface area contributed by atoms with Gasteiger partial charge in [-0.3, -0.25) is 4.79 Å². The van der Waals surface area contributed by atoms with Gasteiger partial charge in [0.15, 0.2) is 0 Å². The Hall–Kier alpha value is -3.46. The van der Waals surface area contributed by atoms with E-state index in [9.17, 15) is 13.2 Å². The van der Waals surface area contributed by atoms with Gasteiger partial charge in [0.25, 0.3) is 15.9 Å². The quantitative estimate of drug-likeness (QED) is 0.640. The van der Waals surface area contributed by atoms with Crippen LogP contribution in [-0.2, 0) is 10.0 Å². The molecule has 1 aromatic heterocycles. The summed E-state index contributed by atoms with van der Waals surface area (Å²) in [4.78, 5) is 14.9. The minimum Gasteiger partial charge on any atom is -0.362 e. The van der Waals surface area contributed by atoms with E-state index in [0.717, 1.165) is 18.7 Å². The SMILES string of the molecule is Cc1nn(-c2ccccc2)c(C)c1C(=O)Nc1cccc(S(=O)(=O)/N=C2/CCCN2C)c1. The fourth-order valence-electron chi connectivity index (χ4n) is 3.82. The Morgan fingerprint density at radius 2 is 1.84 bits per heavy atom. The van der Waals surface area contributed by atoms with E-state index in [0.29, 0.717) is 34.9 Å². The first-order valence-electron chi connectivity index (χ1n) is 10.3. The third-order valence-corrected chi connectivity index (χ3v) is 6.77. The van der Waals surface area contributed by atoms with Crippen molar-refractivity contribution in [2.45, 2.75) is 31.6 Å². The molecular weight excluding hydrogens is 426 g/mol. The summed E-state index contributed by atoms with van der Waals surface area (Å²) in [5.74, 6) is 0.206. The molecule has 4 rings (SSSR count). The Morgan fingerprint density at radius 1 is 1.09 bits per heavy atom. The summed E-state index contributed by atoms with van der Waals surface area (Å²) in [5.41, 5.74) is 2.97. The molecule has 32 heavy (non-hydrogen) atoms. The van der Waals surface area contributed by atoms with Gasteiger partial charge in [-0.2, -0.15) is 13.5 Å². The molecule has 1 saturated heterocycles. The van der Waals surface area contributed by atoms with Crippen molar-refractivity contribution in [3.63, 3.8) is 0 Å². The van der Waals surface area contributed by atoms with Crippen molar-refractivity contribution in [1.82, 2.24) is 14.7 Å². The summed E-state index contributed by atoms with van der Waals surface area (Å²) < 4.78 is 31.3. The maximum Gasteiger partial charge on any atom is 0.284 e. The molecule has 1 aliphatic heterocycles. The number of carbonyl (C=O) groups excluding carboxylic acids is 1. The molecule has 0 atom stereocenters. The first-order valence-corrected chi connectivity index (χ1v) is 11.8. The maximum atomic E-state index is 13.0. The molecule has 8 nitrogen and oxygen atoms in total. The average molecular weight is 452 g/mol. The number of aryl methyl sites for hydroxylation is 1. The van der Waals surface area contributed by atoms with Crippen LogP contribution in [-0.4, -0.2) is 48.4 Å². The lowest BCUT2D eigenvalue weighted by Gasteiger charge is -2.11. The predicted molar refractivity (Wildman–Crippen MR) is 124 cm³/mol. The number of anilines is 1. The molecule has 0 unspecified atom stereocenters. The fraction of sp³-hybridized carbons (Fsp3) is 0.261. The molecule has 166 valence electrons. The second-order valence-corrected chi connectivity index (χ2v) is 9.39. The minimum atomic E-state index is -3.87. The number of nitrogens with zero attached hydrogens (tertiary/aromatic N) is 4. The molecule has 0 radical (unpaired) electrons. The summed E-state index contributed by atoms with van der Waals surface area (Å²) in [6, 6.07) is 15.7. The Kier molecular flexibility index (Phi) is 5.84. The van der Waals surface area contributed by atoms with E-state index < -0.39 is 10.0 Å². The summed E-state index contributed by atoms with van der Waals surface area (Å²) in [6.45, 7) is 4.40. The van der Waals surface area contributed by atoms with Crippen molar-refractivity contribution in [3.8, 4) is 5.69 Å². The second kappa shape index (κ2) is 8.58. The smallest absolute Gasteiger partial charge is 0.284 e. The van der Waals surface area contributed by atoms with Crippen molar-refractivity contribution in [2.75, 3.05) is 18.9 Å². The van der Waals surface area contributed by atoms with E-state index in [4.69, 9.17) is 0 Å². The van der Waals surface area contributed by atoms with Crippen LogP contribution in [0, 0.1) is 13.8 Å². The van der Waals surface area contributed by atoms with Gasteiger partial charge in [-0.15, -0.1) is 4.40 Å². The Balaban J connectivity index is 1.60. The van der Waals surface area contributed by atoms with Crippen LogP contribution >= 0.6 is 0 Å². The van der Waals surface area contributed by atoms with Crippen molar-refractivity contribution in [3.05, 3.63) is 71.5 Å². The molecule has 0 bridgehead atoms. The zero-order valence-corrected chi connectivity index (χ0v) is 19.1. The van der Waals surface area contributed by atoms with Gasteiger partial charge in [0.2, 0.25) is 0 Å². The number of amides is 1. The summed E-state index contributed by atoms with van der Waals surface area (Å²) in [6.07, 6.45) is 1.52. The van der Waals surface area contributed by atoms with Crippen LogP contribution in [0.25, 0.3) is 5.69 Å². The van der Waals surface area contributed by atoms with Crippen LogP contribution < -0.4 is 5.32 Å². The molecule has 0 spiro atoms. The van der Waals surface area contributed by atoms with Gasteiger partial charge in [-0.25, -0.2) is 4.68 Å². The largest absolute Gasteiger partial charge is 0.362 e. The highest BCUT2D eigenvalue weighted by Crippen LogP contribution is 2.23. The standard InChI is InChI=1S/C23H25N5O3S/c1-16-22(17(2)28(25-16)19-10-5-4-6-11-19)23(29)24-18-9-7-12-20(15-18)32(30,31)26-21-13-8-14-27(21)3/h4-7,9-12,15H,8,13-14H2,1-3H3,(H,24,29)/b26-21-. The molecule has 0 saturated carbocycles. The molecular formula is C23H25N5O3S. The number of amidine groups is 1. The third-order valence-electron chi connectivity index (χ3n) is 5.47. The van der Waals surface area contributed by atoms with Crippen LogP contribution in [0.15, 0.2) is 63.9 Å². The molecule has 0 aliphatic carbocycles. The van der Waals surface area contributed by atoms with Gasteiger partial charge in [-0.05, 0) is 50.6 Å². The van der Waals surface area contributed by atoms with E-state index in [1.807, 2.05) is 49.2 Å². The predicted octanol–water partition coefficient (Wildman–Crippen LogP) is 3.55. The van der Waals surface area contributed by atoms with Crippen molar-refractivity contribution >= 4 is 27.5 Å².